The van der Waals surface area contributed by atoms with Gasteiger partial charge in [0.05, 0.1) is 6.54 Å². The minimum Gasteiger partial charge on any atom is -0.357 e. The second kappa shape index (κ2) is 7.53. The van der Waals surface area contributed by atoms with E-state index in [9.17, 15) is 4.79 Å². The normalized spacial score (nSPS) is 14.8. The molecule has 5 heteroatoms. The van der Waals surface area contributed by atoms with Crippen LogP contribution in [0.1, 0.15) is 30.1 Å². The SMILES string of the molecule is CCNC(=NCCNC(=O)c1ccccc1)NC1CC1. The van der Waals surface area contributed by atoms with Gasteiger partial charge in [-0.15, -0.1) is 0 Å². The number of benzene rings is 1. The van der Waals surface area contributed by atoms with Crippen molar-refractivity contribution in [2.24, 2.45) is 4.99 Å². The van der Waals surface area contributed by atoms with Gasteiger partial charge in [0.15, 0.2) is 5.96 Å². The maximum atomic E-state index is 11.8. The Morgan fingerprint density at radius 1 is 1.25 bits per heavy atom. The Kier molecular flexibility index (Phi) is 5.41. The average Bonchev–Trinajstić information content (AvgIpc) is 3.28. The van der Waals surface area contributed by atoms with Crippen LogP contribution < -0.4 is 16.0 Å². The van der Waals surface area contributed by atoms with Gasteiger partial charge in [0.1, 0.15) is 0 Å². The first kappa shape index (κ1) is 14.4. The summed E-state index contributed by atoms with van der Waals surface area (Å²) in [7, 11) is 0. The Morgan fingerprint density at radius 2 is 2.00 bits per heavy atom. The van der Waals surface area contributed by atoms with Crippen molar-refractivity contribution >= 4 is 11.9 Å². The molecule has 20 heavy (non-hydrogen) atoms. The third-order valence-electron chi connectivity index (χ3n) is 2.97. The number of carbonyl (C=O) groups is 1. The quantitative estimate of drug-likeness (QED) is 0.414. The van der Waals surface area contributed by atoms with Crippen LogP contribution in [0.4, 0.5) is 0 Å². The van der Waals surface area contributed by atoms with E-state index in [1.54, 1.807) is 12.1 Å². The molecule has 1 amide bonds. The molecular weight excluding hydrogens is 252 g/mol. The van der Waals surface area contributed by atoms with E-state index in [-0.39, 0.29) is 5.91 Å². The number of hydrogen-bond donors (Lipinski definition) is 3. The lowest BCUT2D eigenvalue weighted by molar-refractivity contribution is 0.0955. The largest absolute Gasteiger partial charge is 0.357 e. The first-order valence-corrected chi connectivity index (χ1v) is 7.17. The molecule has 1 aliphatic carbocycles. The summed E-state index contributed by atoms with van der Waals surface area (Å²) in [6.45, 7) is 3.99. The molecule has 1 saturated carbocycles. The predicted octanol–water partition coefficient (Wildman–Crippen LogP) is 1.13. The van der Waals surface area contributed by atoms with Crippen LogP contribution in [-0.4, -0.2) is 37.5 Å². The highest BCUT2D eigenvalue weighted by atomic mass is 16.1. The van der Waals surface area contributed by atoms with Crippen LogP contribution in [0.15, 0.2) is 35.3 Å². The highest BCUT2D eigenvalue weighted by molar-refractivity contribution is 5.94. The molecule has 108 valence electrons. The van der Waals surface area contributed by atoms with Crippen LogP contribution in [0.5, 0.6) is 0 Å². The number of guanidine groups is 1. The second-order valence-electron chi connectivity index (χ2n) is 4.80. The third-order valence-corrected chi connectivity index (χ3v) is 2.97. The molecule has 0 aromatic heterocycles. The standard InChI is InChI=1S/C15H22N4O/c1-2-16-15(19-13-8-9-13)18-11-10-17-14(20)12-6-4-3-5-7-12/h3-7,13H,2,8-11H2,1H3,(H,17,20)(H2,16,18,19). The minimum absolute atomic E-state index is 0.0547. The number of nitrogens with one attached hydrogen (secondary N) is 3. The Labute approximate surface area is 119 Å². The molecule has 1 aromatic rings. The van der Waals surface area contributed by atoms with Gasteiger partial charge in [0.2, 0.25) is 0 Å². The van der Waals surface area contributed by atoms with Crippen molar-refractivity contribution in [1.29, 1.82) is 0 Å². The highest BCUT2D eigenvalue weighted by Gasteiger charge is 2.21. The molecule has 0 unspecified atom stereocenters. The van der Waals surface area contributed by atoms with Crippen molar-refractivity contribution in [2.45, 2.75) is 25.8 Å². The zero-order chi connectivity index (χ0) is 14.2. The first-order valence-electron chi connectivity index (χ1n) is 7.17. The predicted molar refractivity (Wildman–Crippen MR) is 80.9 cm³/mol. The van der Waals surface area contributed by atoms with Gasteiger partial charge in [-0.25, -0.2) is 0 Å². The van der Waals surface area contributed by atoms with E-state index < -0.39 is 0 Å². The maximum absolute atomic E-state index is 11.8. The van der Waals surface area contributed by atoms with E-state index in [0.717, 1.165) is 12.5 Å². The molecule has 0 atom stereocenters. The topological polar surface area (TPSA) is 65.5 Å². The number of rotatable bonds is 6. The summed E-state index contributed by atoms with van der Waals surface area (Å²) >= 11 is 0. The molecule has 3 N–H and O–H groups in total. The minimum atomic E-state index is -0.0547. The molecule has 0 saturated heterocycles. The summed E-state index contributed by atoms with van der Waals surface area (Å²) in [4.78, 5) is 16.3. The van der Waals surface area contributed by atoms with Crippen molar-refractivity contribution in [1.82, 2.24) is 16.0 Å². The van der Waals surface area contributed by atoms with Crippen LogP contribution >= 0.6 is 0 Å². The summed E-state index contributed by atoms with van der Waals surface area (Å²) in [5.41, 5.74) is 0.680. The molecule has 1 aliphatic rings. The van der Waals surface area contributed by atoms with Gasteiger partial charge >= 0.3 is 0 Å². The van der Waals surface area contributed by atoms with Crippen molar-refractivity contribution in [3.8, 4) is 0 Å². The van der Waals surface area contributed by atoms with E-state index in [2.05, 4.69) is 20.9 Å². The van der Waals surface area contributed by atoms with Gasteiger partial charge in [-0.05, 0) is 31.9 Å². The smallest absolute Gasteiger partial charge is 0.251 e. The average molecular weight is 274 g/mol. The fourth-order valence-corrected chi connectivity index (χ4v) is 1.77. The highest BCUT2D eigenvalue weighted by Crippen LogP contribution is 2.18. The lowest BCUT2D eigenvalue weighted by Crippen LogP contribution is -2.39. The number of hydrogen-bond acceptors (Lipinski definition) is 2. The van der Waals surface area contributed by atoms with E-state index in [4.69, 9.17) is 0 Å². The van der Waals surface area contributed by atoms with Crippen LogP contribution in [0.2, 0.25) is 0 Å². The Bertz CT molecular complexity index is 454. The molecular formula is C15H22N4O. The fourth-order valence-electron chi connectivity index (χ4n) is 1.77. The zero-order valence-electron chi connectivity index (χ0n) is 11.9. The Morgan fingerprint density at radius 3 is 2.65 bits per heavy atom. The van der Waals surface area contributed by atoms with Gasteiger partial charge in [-0.3, -0.25) is 9.79 Å². The Balaban J connectivity index is 1.72. The fraction of sp³-hybridized carbons (Fsp3) is 0.467. The van der Waals surface area contributed by atoms with Gasteiger partial charge in [-0.2, -0.15) is 0 Å². The van der Waals surface area contributed by atoms with E-state index in [1.165, 1.54) is 12.8 Å². The lowest BCUT2D eigenvalue weighted by Gasteiger charge is -2.10. The molecule has 5 nitrogen and oxygen atoms in total. The first-order chi connectivity index (χ1) is 9.79. The van der Waals surface area contributed by atoms with E-state index in [0.29, 0.717) is 24.7 Å². The number of amides is 1. The summed E-state index contributed by atoms with van der Waals surface area (Å²) in [5, 5.41) is 9.40. The van der Waals surface area contributed by atoms with Gasteiger partial charge in [0, 0.05) is 24.7 Å². The van der Waals surface area contributed by atoms with Crippen molar-refractivity contribution in [3.05, 3.63) is 35.9 Å². The van der Waals surface area contributed by atoms with Crippen LogP contribution in [-0.2, 0) is 0 Å². The van der Waals surface area contributed by atoms with E-state index >= 15 is 0 Å². The maximum Gasteiger partial charge on any atom is 0.251 e. The number of nitrogens with zero attached hydrogens (tertiary/aromatic N) is 1. The summed E-state index contributed by atoms with van der Waals surface area (Å²) in [5.74, 6) is 0.782. The summed E-state index contributed by atoms with van der Waals surface area (Å²) < 4.78 is 0. The summed E-state index contributed by atoms with van der Waals surface area (Å²) in [6.07, 6.45) is 2.43. The monoisotopic (exact) mass is 274 g/mol. The molecule has 1 aromatic carbocycles. The molecule has 0 aliphatic heterocycles. The van der Waals surface area contributed by atoms with Crippen LogP contribution in [0.25, 0.3) is 0 Å². The second-order valence-corrected chi connectivity index (χ2v) is 4.80. The molecule has 0 spiro atoms. The molecule has 2 rings (SSSR count). The van der Waals surface area contributed by atoms with Crippen molar-refractivity contribution < 1.29 is 4.79 Å². The molecule has 0 radical (unpaired) electrons. The van der Waals surface area contributed by atoms with Crippen molar-refractivity contribution in [2.75, 3.05) is 19.6 Å². The zero-order valence-corrected chi connectivity index (χ0v) is 11.9. The molecule has 1 fully saturated rings. The summed E-state index contributed by atoms with van der Waals surface area (Å²) in [6, 6.07) is 9.79. The van der Waals surface area contributed by atoms with Crippen LogP contribution in [0, 0.1) is 0 Å². The lowest BCUT2D eigenvalue weighted by atomic mass is 10.2. The third kappa shape index (κ3) is 4.91. The number of carbonyl (C=O) groups excluding carboxylic acids is 1. The number of aliphatic imine (C=N–C) groups is 1. The van der Waals surface area contributed by atoms with Gasteiger partial charge in [0.25, 0.3) is 5.91 Å². The van der Waals surface area contributed by atoms with Crippen molar-refractivity contribution in [3.63, 3.8) is 0 Å². The molecule has 0 heterocycles. The Hall–Kier alpha value is -2.04. The molecule has 0 bridgehead atoms. The van der Waals surface area contributed by atoms with Gasteiger partial charge in [-0.1, -0.05) is 18.2 Å². The van der Waals surface area contributed by atoms with E-state index in [1.807, 2.05) is 25.1 Å². The van der Waals surface area contributed by atoms with Crippen LogP contribution in [0.3, 0.4) is 0 Å². The van der Waals surface area contributed by atoms with Gasteiger partial charge < -0.3 is 16.0 Å².